The number of carbonyl (C=O) groups excluding carboxylic acids is 2. The molecule has 0 aliphatic carbocycles. The number of carbonyl (C=O) groups is 2. The average molecular weight is 374 g/mol. The molecule has 0 aliphatic heterocycles. The average Bonchev–Trinajstić information content (AvgIpc) is 2.68. The maximum Gasteiger partial charge on any atom is 0.248 e. The first kappa shape index (κ1) is 19.2. The van der Waals surface area contributed by atoms with Gasteiger partial charge in [-0.25, -0.2) is 0 Å². The fourth-order valence-corrected chi connectivity index (χ4v) is 2.92. The molecular weight excluding hydrogens is 352 g/mol. The zero-order valence-corrected chi connectivity index (χ0v) is 16.1. The molecule has 142 valence electrons. The van der Waals surface area contributed by atoms with E-state index in [-0.39, 0.29) is 11.8 Å². The van der Waals surface area contributed by atoms with Crippen molar-refractivity contribution >= 4 is 40.0 Å². The van der Waals surface area contributed by atoms with E-state index < -0.39 is 0 Å². The van der Waals surface area contributed by atoms with Crippen molar-refractivity contribution in [2.75, 3.05) is 17.7 Å². The molecule has 3 aromatic rings. The van der Waals surface area contributed by atoms with Crippen LogP contribution in [0.1, 0.15) is 18.1 Å². The van der Waals surface area contributed by atoms with Crippen molar-refractivity contribution in [2.45, 2.75) is 13.8 Å². The molecule has 28 heavy (non-hydrogen) atoms. The van der Waals surface area contributed by atoms with Crippen molar-refractivity contribution in [1.29, 1.82) is 0 Å². The highest BCUT2D eigenvalue weighted by molar-refractivity contribution is 6.03. The second kappa shape index (κ2) is 8.39. The maximum absolute atomic E-state index is 12.3. The summed E-state index contributed by atoms with van der Waals surface area (Å²) in [7, 11) is 1.64. The standard InChI is InChI=1S/C23H22N2O3/c1-15-21(24-16(2)26)5-4-6-22(15)25-23(27)12-8-17-7-9-19-14-20(28-3)11-10-18(19)13-17/h4-14H,1-3H3,(H,24,26)(H,25,27)/b12-8+. The first-order valence-corrected chi connectivity index (χ1v) is 8.90. The zero-order chi connectivity index (χ0) is 20.1. The number of hydrogen-bond donors (Lipinski definition) is 2. The SMILES string of the molecule is COc1ccc2cc(/C=C/C(=O)Nc3cccc(NC(C)=O)c3C)ccc2c1. The molecule has 5 heteroatoms. The minimum absolute atomic E-state index is 0.152. The molecule has 0 unspecified atom stereocenters. The summed E-state index contributed by atoms with van der Waals surface area (Å²) in [5, 5.41) is 7.75. The number of amides is 2. The van der Waals surface area contributed by atoms with Gasteiger partial charge in [-0.3, -0.25) is 9.59 Å². The number of ether oxygens (including phenoxy) is 1. The van der Waals surface area contributed by atoms with E-state index in [2.05, 4.69) is 10.6 Å². The molecule has 3 aromatic carbocycles. The third kappa shape index (κ3) is 4.57. The van der Waals surface area contributed by atoms with Gasteiger partial charge in [0.05, 0.1) is 7.11 Å². The van der Waals surface area contributed by atoms with E-state index in [9.17, 15) is 9.59 Å². The topological polar surface area (TPSA) is 67.4 Å². The van der Waals surface area contributed by atoms with Crippen LogP contribution >= 0.6 is 0 Å². The molecule has 0 fully saturated rings. The monoisotopic (exact) mass is 374 g/mol. The molecule has 0 saturated carbocycles. The third-order valence-electron chi connectivity index (χ3n) is 4.40. The Morgan fingerprint density at radius 3 is 2.32 bits per heavy atom. The van der Waals surface area contributed by atoms with Crippen LogP contribution in [0.15, 0.2) is 60.7 Å². The summed E-state index contributed by atoms with van der Waals surface area (Å²) in [5.74, 6) is 0.422. The lowest BCUT2D eigenvalue weighted by Crippen LogP contribution is -2.12. The molecule has 5 nitrogen and oxygen atoms in total. The van der Waals surface area contributed by atoms with Crippen LogP contribution in [-0.4, -0.2) is 18.9 Å². The first-order valence-electron chi connectivity index (χ1n) is 8.90. The van der Waals surface area contributed by atoms with Crippen LogP contribution in [0.5, 0.6) is 5.75 Å². The summed E-state index contributed by atoms with van der Waals surface area (Å²) in [6.45, 7) is 3.30. The zero-order valence-electron chi connectivity index (χ0n) is 16.1. The van der Waals surface area contributed by atoms with Crippen LogP contribution in [0.4, 0.5) is 11.4 Å². The fraction of sp³-hybridized carbons (Fsp3) is 0.130. The second-order valence-corrected chi connectivity index (χ2v) is 6.45. The van der Waals surface area contributed by atoms with Gasteiger partial charge < -0.3 is 15.4 Å². The highest BCUT2D eigenvalue weighted by Crippen LogP contribution is 2.24. The molecule has 0 atom stereocenters. The van der Waals surface area contributed by atoms with Gasteiger partial charge in [0.2, 0.25) is 11.8 Å². The molecule has 2 amide bonds. The lowest BCUT2D eigenvalue weighted by atomic mass is 10.1. The summed E-state index contributed by atoms with van der Waals surface area (Å²) in [4.78, 5) is 23.6. The van der Waals surface area contributed by atoms with Gasteiger partial charge in [0, 0.05) is 24.4 Å². The van der Waals surface area contributed by atoms with E-state index in [1.807, 2.05) is 43.3 Å². The molecule has 0 aromatic heterocycles. The molecule has 0 radical (unpaired) electrons. The Balaban J connectivity index is 1.73. The molecule has 0 saturated heterocycles. The number of hydrogen-bond acceptors (Lipinski definition) is 3. The maximum atomic E-state index is 12.3. The number of methoxy groups -OCH3 is 1. The van der Waals surface area contributed by atoms with E-state index >= 15 is 0 Å². The van der Waals surface area contributed by atoms with Crippen LogP contribution in [0, 0.1) is 6.92 Å². The lowest BCUT2D eigenvalue weighted by Gasteiger charge is -2.11. The van der Waals surface area contributed by atoms with Crippen LogP contribution in [0.2, 0.25) is 0 Å². The Morgan fingerprint density at radius 1 is 0.929 bits per heavy atom. The van der Waals surface area contributed by atoms with E-state index in [0.717, 1.165) is 27.6 Å². The Hall–Kier alpha value is -3.60. The summed E-state index contributed by atoms with van der Waals surface area (Å²) >= 11 is 0. The minimum atomic E-state index is -0.238. The number of nitrogens with one attached hydrogen (secondary N) is 2. The fourth-order valence-electron chi connectivity index (χ4n) is 2.92. The molecule has 0 bridgehead atoms. The smallest absolute Gasteiger partial charge is 0.248 e. The molecule has 0 spiro atoms. The molecule has 3 rings (SSSR count). The van der Waals surface area contributed by atoms with Crippen LogP contribution in [0.3, 0.4) is 0 Å². The minimum Gasteiger partial charge on any atom is -0.497 e. The predicted molar refractivity (Wildman–Crippen MR) is 114 cm³/mol. The lowest BCUT2D eigenvalue weighted by molar-refractivity contribution is -0.114. The number of anilines is 2. The van der Waals surface area contributed by atoms with E-state index in [1.54, 1.807) is 31.4 Å². The van der Waals surface area contributed by atoms with Gasteiger partial charge in [-0.1, -0.05) is 24.3 Å². The summed E-state index contributed by atoms with van der Waals surface area (Å²) in [5.41, 5.74) is 3.07. The van der Waals surface area contributed by atoms with Gasteiger partial charge in [0.15, 0.2) is 0 Å². The van der Waals surface area contributed by atoms with Gasteiger partial charge in [0.1, 0.15) is 5.75 Å². The van der Waals surface area contributed by atoms with Crippen LogP contribution in [-0.2, 0) is 9.59 Å². The second-order valence-electron chi connectivity index (χ2n) is 6.45. The van der Waals surface area contributed by atoms with E-state index in [4.69, 9.17) is 4.74 Å². The Bertz CT molecular complexity index is 1070. The summed E-state index contributed by atoms with van der Waals surface area (Å²) in [6.07, 6.45) is 3.27. The first-order chi connectivity index (χ1) is 13.5. The van der Waals surface area contributed by atoms with Crippen molar-refractivity contribution in [3.05, 3.63) is 71.8 Å². The van der Waals surface area contributed by atoms with Crippen molar-refractivity contribution in [3.63, 3.8) is 0 Å². The van der Waals surface area contributed by atoms with Gasteiger partial charge in [-0.05, 0) is 65.2 Å². The largest absolute Gasteiger partial charge is 0.497 e. The number of rotatable bonds is 5. The van der Waals surface area contributed by atoms with Crippen LogP contribution in [0.25, 0.3) is 16.8 Å². The molecule has 0 heterocycles. The van der Waals surface area contributed by atoms with Crippen molar-refractivity contribution in [1.82, 2.24) is 0 Å². The Morgan fingerprint density at radius 2 is 1.61 bits per heavy atom. The summed E-state index contributed by atoms with van der Waals surface area (Å²) < 4.78 is 5.24. The molecule has 2 N–H and O–H groups in total. The Kier molecular flexibility index (Phi) is 5.75. The van der Waals surface area contributed by atoms with Crippen LogP contribution < -0.4 is 15.4 Å². The normalized spacial score (nSPS) is 10.8. The van der Waals surface area contributed by atoms with Gasteiger partial charge in [-0.2, -0.15) is 0 Å². The highest BCUT2D eigenvalue weighted by atomic mass is 16.5. The van der Waals surface area contributed by atoms with Crippen molar-refractivity contribution in [2.24, 2.45) is 0 Å². The van der Waals surface area contributed by atoms with Gasteiger partial charge >= 0.3 is 0 Å². The summed E-state index contributed by atoms with van der Waals surface area (Å²) in [6, 6.07) is 17.2. The predicted octanol–water partition coefficient (Wildman–Crippen LogP) is 4.77. The quantitative estimate of drug-likeness (QED) is 0.632. The van der Waals surface area contributed by atoms with E-state index in [0.29, 0.717) is 11.4 Å². The number of fused-ring (bicyclic) bond motifs is 1. The molecular formula is C23H22N2O3. The Labute approximate surface area is 164 Å². The van der Waals surface area contributed by atoms with Crippen molar-refractivity contribution < 1.29 is 14.3 Å². The van der Waals surface area contributed by atoms with Crippen molar-refractivity contribution in [3.8, 4) is 5.75 Å². The molecule has 0 aliphatic rings. The number of benzene rings is 3. The van der Waals surface area contributed by atoms with E-state index in [1.165, 1.54) is 13.0 Å². The van der Waals surface area contributed by atoms with Gasteiger partial charge in [0.25, 0.3) is 0 Å². The van der Waals surface area contributed by atoms with Gasteiger partial charge in [-0.15, -0.1) is 0 Å². The third-order valence-corrected chi connectivity index (χ3v) is 4.40. The highest BCUT2D eigenvalue weighted by Gasteiger charge is 2.07.